The van der Waals surface area contributed by atoms with Gasteiger partial charge in [-0.25, -0.2) is 10.2 Å². The second-order valence-electron chi connectivity index (χ2n) is 5.62. The summed E-state index contributed by atoms with van der Waals surface area (Å²) in [7, 11) is 0. The van der Waals surface area contributed by atoms with Gasteiger partial charge in [0.2, 0.25) is 0 Å². The molecule has 7 heteroatoms. The molecule has 3 aromatic rings. The lowest BCUT2D eigenvalue weighted by Crippen LogP contribution is -2.17. The number of halogens is 1. The Kier molecular flexibility index (Phi) is 5.68. The van der Waals surface area contributed by atoms with Crippen LogP contribution in [0.15, 0.2) is 70.4 Å². The van der Waals surface area contributed by atoms with Gasteiger partial charge in [0.05, 0.1) is 18.0 Å². The number of rotatable bonds is 5. The molecule has 1 heterocycles. The summed E-state index contributed by atoms with van der Waals surface area (Å²) in [5.41, 5.74) is 4.14. The zero-order valence-corrected chi connectivity index (χ0v) is 15.1. The summed E-state index contributed by atoms with van der Waals surface area (Å²) in [6, 6.07) is 14.9. The Morgan fingerprint density at radius 2 is 2.00 bits per heavy atom. The number of amides is 1. The lowest BCUT2D eigenvalue weighted by molar-refractivity contribution is 0.0734. The van der Waals surface area contributed by atoms with Crippen LogP contribution in [0.2, 0.25) is 5.02 Å². The molecular weight excluding hydrogens is 368 g/mol. The van der Waals surface area contributed by atoms with Gasteiger partial charge in [-0.05, 0) is 49.4 Å². The standard InChI is InChI=1S/C20H15ClN2O4/c1-13-4-2-5-14(10-13)20(25)27-17-8-7-16(21)11-15(17)12-22-23-19(24)18-6-3-9-26-18/h2-12H,1H3,(H,23,24)/b22-12+. The van der Waals surface area contributed by atoms with Crippen LogP contribution in [0.4, 0.5) is 0 Å². The average Bonchev–Trinajstić information content (AvgIpc) is 3.18. The van der Waals surface area contributed by atoms with Crippen molar-refractivity contribution in [1.29, 1.82) is 0 Å². The van der Waals surface area contributed by atoms with Crippen molar-refractivity contribution in [3.8, 4) is 5.75 Å². The lowest BCUT2D eigenvalue weighted by atomic mass is 10.1. The fraction of sp³-hybridized carbons (Fsp3) is 0.0500. The molecule has 6 nitrogen and oxygen atoms in total. The Hall–Kier alpha value is -3.38. The minimum atomic E-state index is -0.504. The van der Waals surface area contributed by atoms with Gasteiger partial charge in [-0.1, -0.05) is 29.3 Å². The van der Waals surface area contributed by atoms with E-state index >= 15 is 0 Å². The summed E-state index contributed by atoms with van der Waals surface area (Å²) in [4.78, 5) is 24.2. The molecule has 0 aliphatic carbocycles. The first-order chi connectivity index (χ1) is 13.0. The van der Waals surface area contributed by atoms with Crippen LogP contribution in [0.1, 0.15) is 32.0 Å². The number of hydrogen-bond acceptors (Lipinski definition) is 5. The smallest absolute Gasteiger partial charge is 0.343 e. The van der Waals surface area contributed by atoms with Crippen LogP contribution in [0, 0.1) is 6.92 Å². The molecule has 0 saturated carbocycles. The highest BCUT2D eigenvalue weighted by Crippen LogP contribution is 2.22. The molecule has 0 aliphatic rings. The molecule has 27 heavy (non-hydrogen) atoms. The predicted molar refractivity (Wildman–Crippen MR) is 101 cm³/mol. The monoisotopic (exact) mass is 382 g/mol. The summed E-state index contributed by atoms with van der Waals surface area (Å²) in [5, 5.41) is 4.29. The van der Waals surface area contributed by atoms with Gasteiger partial charge in [-0.2, -0.15) is 5.10 Å². The van der Waals surface area contributed by atoms with E-state index < -0.39 is 11.9 Å². The Bertz CT molecular complexity index is 997. The molecule has 0 bridgehead atoms. The Morgan fingerprint density at radius 3 is 2.74 bits per heavy atom. The number of hydrogen-bond donors (Lipinski definition) is 1. The predicted octanol–water partition coefficient (Wildman–Crippen LogP) is 4.22. The molecule has 0 unspecified atom stereocenters. The van der Waals surface area contributed by atoms with Crippen LogP contribution < -0.4 is 10.2 Å². The van der Waals surface area contributed by atoms with Crippen molar-refractivity contribution in [2.75, 3.05) is 0 Å². The number of aryl methyl sites for hydroxylation is 1. The van der Waals surface area contributed by atoms with Crippen LogP contribution in [0.5, 0.6) is 5.75 Å². The van der Waals surface area contributed by atoms with E-state index in [2.05, 4.69) is 10.5 Å². The van der Waals surface area contributed by atoms with E-state index in [1.807, 2.05) is 13.0 Å². The largest absolute Gasteiger partial charge is 0.459 e. The Morgan fingerprint density at radius 1 is 1.15 bits per heavy atom. The molecule has 3 rings (SSSR count). The van der Waals surface area contributed by atoms with Crippen LogP contribution in [-0.4, -0.2) is 18.1 Å². The van der Waals surface area contributed by atoms with E-state index in [1.54, 1.807) is 42.5 Å². The zero-order chi connectivity index (χ0) is 19.2. The maximum absolute atomic E-state index is 12.4. The molecule has 0 fully saturated rings. The van der Waals surface area contributed by atoms with E-state index in [-0.39, 0.29) is 11.5 Å². The first-order valence-electron chi connectivity index (χ1n) is 7.98. The van der Waals surface area contributed by atoms with E-state index in [0.717, 1.165) is 5.56 Å². The highest BCUT2D eigenvalue weighted by molar-refractivity contribution is 6.31. The first kappa shape index (κ1) is 18.4. The third-order valence-corrected chi connectivity index (χ3v) is 3.78. The molecule has 0 saturated heterocycles. The minimum absolute atomic E-state index is 0.129. The average molecular weight is 383 g/mol. The van der Waals surface area contributed by atoms with Crippen molar-refractivity contribution in [2.45, 2.75) is 6.92 Å². The number of hydrazone groups is 1. The fourth-order valence-corrected chi connectivity index (χ4v) is 2.45. The van der Waals surface area contributed by atoms with Crippen molar-refractivity contribution in [1.82, 2.24) is 5.43 Å². The van der Waals surface area contributed by atoms with E-state index in [0.29, 0.717) is 16.1 Å². The molecule has 0 radical (unpaired) electrons. The number of furan rings is 1. The minimum Gasteiger partial charge on any atom is -0.459 e. The molecule has 1 amide bonds. The fourth-order valence-electron chi connectivity index (χ4n) is 2.27. The third kappa shape index (κ3) is 4.83. The van der Waals surface area contributed by atoms with Gasteiger partial charge >= 0.3 is 11.9 Å². The maximum Gasteiger partial charge on any atom is 0.343 e. The van der Waals surface area contributed by atoms with Crippen molar-refractivity contribution in [2.24, 2.45) is 5.10 Å². The molecule has 1 aromatic heterocycles. The van der Waals surface area contributed by atoms with E-state index in [1.165, 1.54) is 18.5 Å². The van der Waals surface area contributed by atoms with Crippen LogP contribution in [0.25, 0.3) is 0 Å². The molecule has 0 atom stereocenters. The molecule has 1 N–H and O–H groups in total. The normalized spacial score (nSPS) is 10.7. The summed E-state index contributed by atoms with van der Waals surface area (Å²) < 4.78 is 10.4. The second kappa shape index (κ2) is 8.33. The second-order valence-corrected chi connectivity index (χ2v) is 6.05. The van der Waals surface area contributed by atoms with E-state index in [9.17, 15) is 9.59 Å². The van der Waals surface area contributed by atoms with Crippen molar-refractivity contribution < 1.29 is 18.7 Å². The van der Waals surface area contributed by atoms with Gasteiger partial charge in [-0.15, -0.1) is 0 Å². The quantitative estimate of drug-likeness (QED) is 0.310. The maximum atomic E-state index is 12.4. The number of esters is 1. The van der Waals surface area contributed by atoms with Crippen molar-refractivity contribution >= 4 is 29.7 Å². The summed E-state index contributed by atoms with van der Waals surface area (Å²) >= 11 is 6.01. The first-order valence-corrected chi connectivity index (χ1v) is 8.36. The molecule has 2 aromatic carbocycles. The summed E-state index contributed by atoms with van der Waals surface area (Å²) in [6.07, 6.45) is 2.73. The zero-order valence-electron chi connectivity index (χ0n) is 14.3. The van der Waals surface area contributed by atoms with Crippen molar-refractivity contribution in [3.05, 3.63) is 88.3 Å². The summed E-state index contributed by atoms with van der Waals surface area (Å²) in [5.74, 6) is -0.613. The van der Waals surface area contributed by atoms with Crippen molar-refractivity contribution in [3.63, 3.8) is 0 Å². The Labute approximate surface area is 160 Å². The van der Waals surface area contributed by atoms with Crippen LogP contribution >= 0.6 is 11.6 Å². The molecular formula is C20H15ClN2O4. The number of ether oxygens (including phenoxy) is 1. The summed E-state index contributed by atoms with van der Waals surface area (Å²) in [6.45, 7) is 1.89. The van der Waals surface area contributed by atoms with E-state index in [4.69, 9.17) is 20.8 Å². The number of nitrogens with zero attached hydrogens (tertiary/aromatic N) is 1. The topological polar surface area (TPSA) is 80.9 Å². The number of carbonyl (C=O) groups is 2. The van der Waals surface area contributed by atoms with Gasteiger partial charge in [0, 0.05) is 10.6 Å². The highest BCUT2D eigenvalue weighted by atomic mass is 35.5. The Balaban J connectivity index is 1.75. The van der Waals surface area contributed by atoms with Crippen LogP contribution in [-0.2, 0) is 0 Å². The molecule has 0 aliphatic heterocycles. The van der Waals surface area contributed by atoms with Gasteiger partial charge in [0.25, 0.3) is 0 Å². The molecule has 0 spiro atoms. The SMILES string of the molecule is Cc1cccc(C(=O)Oc2ccc(Cl)cc2/C=N/NC(=O)c2ccco2)c1. The molecule has 136 valence electrons. The van der Waals surface area contributed by atoms with Crippen LogP contribution in [0.3, 0.4) is 0 Å². The number of carbonyl (C=O) groups excluding carboxylic acids is 2. The van der Waals surface area contributed by atoms with Gasteiger partial charge in [0.15, 0.2) is 5.76 Å². The van der Waals surface area contributed by atoms with Gasteiger partial charge in [-0.3, -0.25) is 4.79 Å². The number of benzene rings is 2. The highest BCUT2D eigenvalue weighted by Gasteiger charge is 2.12. The van der Waals surface area contributed by atoms with Gasteiger partial charge < -0.3 is 9.15 Å². The third-order valence-electron chi connectivity index (χ3n) is 3.54. The lowest BCUT2D eigenvalue weighted by Gasteiger charge is -2.08. The number of nitrogens with one attached hydrogen (secondary N) is 1. The van der Waals surface area contributed by atoms with Gasteiger partial charge in [0.1, 0.15) is 5.75 Å².